The van der Waals surface area contributed by atoms with Gasteiger partial charge in [0.25, 0.3) is 0 Å². The highest BCUT2D eigenvalue weighted by Crippen LogP contribution is 2.26. The lowest BCUT2D eigenvalue weighted by Crippen LogP contribution is -2.22. The molecule has 0 spiro atoms. The summed E-state index contributed by atoms with van der Waals surface area (Å²) in [6.07, 6.45) is 0. The molecule has 0 aliphatic rings. The molecular weight excluding hydrogens is 208 g/mol. The van der Waals surface area contributed by atoms with Crippen molar-refractivity contribution in [3.8, 4) is 11.5 Å². The van der Waals surface area contributed by atoms with Gasteiger partial charge in [-0.1, -0.05) is 12.1 Å². The van der Waals surface area contributed by atoms with E-state index < -0.39 is 6.48 Å². The van der Waals surface area contributed by atoms with Crippen molar-refractivity contribution in [3.63, 3.8) is 0 Å². The maximum atomic E-state index is 5.49. The summed E-state index contributed by atoms with van der Waals surface area (Å²) in [7, 11) is 1.52. The van der Waals surface area contributed by atoms with Crippen LogP contribution in [0.4, 0.5) is 0 Å². The number of hydrogen-bond donors (Lipinski definition) is 0. The van der Waals surface area contributed by atoms with Crippen molar-refractivity contribution >= 4 is 0 Å². The summed E-state index contributed by atoms with van der Waals surface area (Å²) in [6, 6.07) is 8.32. The van der Waals surface area contributed by atoms with Crippen LogP contribution < -0.4 is 9.47 Å². The summed E-state index contributed by atoms with van der Waals surface area (Å²) in [5.74, 6) is 1.12. The molecule has 1 unspecified atom stereocenters. The fraction of sp³-hybridized carbons (Fsp3) is 0.500. The van der Waals surface area contributed by atoms with Crippen molar-refractivity contribution in [2.75, 3.05) is 20.3 Å². The molecule has 0 aliphatic carbocycles. The van der Waals surface area contributed by atoms with Crippen LogP contribution in [0.1, 0.15) is 13.8 Å². The van der Waals surface area contributed by atoms with E-state index in [1.165, 1.54) is 7.11 Å². The van der Waals surface area contributed by atoms with Crippen molar-refractivity contribution in [1.29, 1.82) is 0 Å². The molecule has 4 nitrogen and oxygen atoms in total. The largest absolute Gasteiger partial charge is 0.489 e. The summed E-state index contributed by atoms with van der Waals surface area (Å²) in [6.45, 7) is 4.12. The molecule has 1 atom stereocenters. The van der Waals surface area contributed by atoms with Crippen LogP contribution in [0.15, 0.2) is 18.2 Å². The van der Waals surface area contributed by atoms with Crippen LogP contribution in [0.3, 0.4) is 0 Å². The Hall–Kier alpha value is -1.26. The molecule has 16 heavy (non-hydrogen) atoms. The van der Waals surface area contributed by atoms with Crippen molar-refractivity contribution in [1.82, 2.24) is 0 Å². The molecule has 0 N–H and O–H groups in total. The van der Waals surface area contributed by atoms with E-state index in [0.717, 1.165) is 0 Å². The van der Waals surface area contributed by atoms with Crippen LogP contribution in [0.2, 0.25) is 0 Å². The normalized spacial score (nSPS) is 12.2. The Labute approximate surface area is 96.1 Å². The molecule has 89 valence electrons. The van der Waals surface area contributed by atoms with E-state index in [9.17, 15) is 0 Å². The number of methoxy groups -OCH3 is 1. The van der Waals surface area contributed by atoms with Crippen molar-refractivity contribution < 1.29 is 18.9 Å². The summed E-state index contributed by atoms with van der Waals surface area (Å²) in [5, 5.41) is 0. The van der Waals surface area contributed by atoms with E-state index in [1.807, 2.05) is 19.9 Å². The average Bonchev–Trinajstić information content (AvgIpc) is 2.31. The first-order valence-corrected chi connectivity index (χ1v) is 5.26. The van der Waals surface area contributed by atoms with Gasteiger partial charge in [0.15, 0.2) is 11.5 Å². The molecule has 0 bridgehead atoms. The molecule has 0 saturated carbocycles. The van der Waals surface area contributed by atoms with Crippen molar-refractivity contribution in [2.24, 2.45) is 0 Å². The molecule has 1 aromatic rings. The topological polar surface area (TPSA) is 36.9 Å². The third kappa shape index (κ3) is 3.72. The summed E-state index contributed by atoms with van der Waals surface area (Å²) >= 11 is 0. The van der Waals surface area contributed by atoms with E-state index in [4.69, 9.17) is 18.9 Å². The van der Waals surface area contributed by atoms with Gasteiger partial charge in [-0.05, 0) is 19.9 Å². The van der Waals surface area contributed by atoms with Gasteiger partial charge in [-0.2, -0.15) is 0 Å². The third-order valence-electron chi connectivity index (χ3n) is 1.79. The Bertz CT molecular complexity index is 301. The second-order valence-electron chi connectivity index (χ2n) is 2.89. The van der Waals surface area contributed by atoms with E-state index >= 15 is 0 Å². The quantitative estimate of drug-likeness (QED) is 0.667. The lowest BCUT2D eigenvalue weighted by molar-refractivity contribution is -0.231. The SMILES string of the molecule is CCOc1[c]cccc1OC(OC)OCC. The predicted octanol–water partition coefficient (Wildman–Crippen LogP) is 2.23. The van der Waals surface area contributed by atoms with Gasteiger partial charge in [-0.25, -0.2) is 0 Å². The highest BCUT2D eigenvalue weighted by molar-refractivity contribution is 5.38. The molecule has 0 amide bonds. The molecule has 0 aromatic heterocycles. The molecule has 0 saturated heterocycles. The molecule has 0 aliphatic heterocycles. The highest BCUT2D eigenvalue weighted by Gasteiger charge is 2.12. The molecule has 1 radical (unpaired) electrons. The first-order chi connectivity index (χ1) is 7.81. The van der Waals surface area contributed by atoms with Crippen LogP contribution >= 0.6 is 0 Å². The highest BCUT2D eigenvalue weighted by atomic mass is 16.8. The fourth-order valence-electron chi connectivity index (χ4n) is 1.15. The number of ether oxygens (including phenoxy) is 4. The Kier molecular flexibility index (Phi) is 5.67. The van der Waals surface area contributed by atoms with Crippen LogP contribution in [-0.4, -0.2) is 26.8 Å². The molecule has 0 fully saturated rings. The second-order valence-corrected chi connectivity index (χ2v) is 2.89. The van der Waals surface area contributed by atoms with Gasteiger partial charge in [0.1, 0.15) is 0 Å². The zero-order valence-corrected chi connectivity index (χ0v) is 9.86. The minimum absolute atomic E-state index is 0.513. The lowest BCUT2D eigenvalue weighted by Gasteiger charge is -2.18. The molecule has 4 heteroatoms. The Balaban J connectivity index is 2.70. The van der Waals surface area contributed by atoms with Crippen LogP contribution in [-0.2, 0) is 9.47 Å². The van der Waals surface area contributed by atoms with E-state index in [-0.39, 0.29) is 0 Å². The van der Waals surface area contributed by atoms with Crippen molar-refractivity contribution in [2.45, 2.75) is 20.3 Å². The Morgan fingerprint density at radius 1 is 1.31 bits per heavy atom. The van der Waals surface area contributed by atoms with Gasteiger partial charge in [0.2, 0.25) is 0 Å². The minimum atomic E-state index is -0.722. The number of para-hydroxylation sites is 1. The summed E-state index contributed by atoms with van der Waals surface area (Å²) in [4.78, 5) is 0. The first kappa shape index (κ1) is 12.8. The second kappa shape index (κ2) is 7.09. The van der Waals surface area contributed by atoms with Gasteiger partial charge in [-0.3, -0.25) is 0 Å². The summed E-state index contributed by atoms with van der Waals surface area (Å²) < 4.78 is 21.1. The zero-order chi connectivity index (χ0) is 11.8. The minimum Gasteiger partial charge on any atom is -0.489 e. The van der Waals surface area contributed by atoms with E-state index in [1.54, 1.807) is 12.1 Å². The van der Waals surface area contributed by atoms with Gasteiger partial charge < -0.3 is 18.9 Å². The molecular formula is C12H17O4. The lowest BCUT2D eigenvalue weighted by atomic mass is 10.3. The third-order valence-corrected chi connectivity index (χ3v) is 1.79. The van der Waals surface area contributed by atoms with Gasteiger partial charge in [0, 0.05) is 13.2 Å². The van der Waals surface area contributed by atoms with Crippen molar-refractivity contribution in [3.05, 3.63) is 24.3 Å². The van der Waals surface area contributed by atoms with Gasteiger partial charge in [0.05, 0.1) is 13.2 Å². The van der Waals surface area contributed by atoms with Gasteiger partial charge in [-0.15, -0.1) is 0 Å². The molecule has 1 aromatic carbocycles. The maximum Gasteiger partial charge on any atom is 0.315 e. The number of rotatable bonds is 7. The van der Waals surface area contributed by atoms with Crippen LogP contribution in [0, 0.1) is 6.07 Å². The smallest absolute Gasteiger partial charge is 0.315 e. The predicted molar refractivity (Wildman–Crippen MR) is 59.5 cm³/mol. The standard InChI is InChI=1S/C12H17O4/c1-4-14-10-8-6-7-9-11(10)16-12(13-3)15-5-2/h6-7,9,12H,4-5H2,1-3H3. The van der Waals surface area contributed by atoms with E-state index in [2.05, 4.69) is 6.07 Å². The van der Waals surface area contributed by atoms with Gasteiger partial charge >= 0.3 is 6.48 Å². The Morgan fingerprint density at radius 2 is 2.12 bits per heavy atom. The number of benzene rings is 1. The molecule has 1 rings (SSSR count). The number of hydrogen-bond acceptors (Lipinski definition) is 4. The zero-order valence-electron chi connectivity index (χ0n) is 9.86. The maximum absolute atomic E-state index is 5.49. The molecule has 0 heterocycles. The first-order valence-electron chi connectivity index (χ1n) is 5.26. The van der Waals surface area contributed by atoms with Crippen LogP contribution in [0.5, 0.6) is 11.5 Å². The average molecular weight is 225 g/mol. The monoisotopic (exact) mass is 225 g/mol. The fourth-order valence-corrected chi connectivity index (χ4v) is 1.15. The summed E-state index contributed by atoms with van der Waals surface area (Å²) in [5.41, 5.74) is 0. The Morgan fingerprint density at radius 3 is 2.75 bits per heavy atom. The van der Waals surface area contributed by atoms with E-state index in [0.29, 0.717) is 24.7 Å². The van der Waals surface area contributed by atoms with Crippen LogP contribution in [0.25, 0.3) is 0 Å².